The van der Waals surface area contributed by atoms with Crippen molar-refractivity contribution in [1.29, 1.82) is 0 Å². The molecule has 23 heavy (non-hydrogen) atoms. The summed E-state index contributed by atoms with van der Waals surface area (Å²) in [6.45, 7) is 20.2. The number of benzene rings is 1. The van der Waals surface area contributed by atoms with Crippen LogP contribution in [0.3, 0.4) is 0 Å². The molecule has 0 aromatic heterocycles. The van der Waals surface area contributed by atoms with Crippen LogP contribution in [0.2, 0.25) is 18.1 Å². The largest absolute Gasteiger partial charge is 0.411 e. The maximum Gasteiger partial charge on any atom is 0.192 e. The summed E-state index contributed by atoms with van der Waals surface area (Å²) in [6, 6.07) is 10.3. The van der Waals surface area contributed by atoms with Gasteiger partial charge in [-0.15, -0.1) is 6.58 Å². The average Bonchev–Trinajstić information content (AvgIpc) is 2.49. The van der Waals surface area contributed by atoms with Crippen LogP contribution in [0.1, 0.15) is 40.2 Å². The molecule has 0 saturated heterocycles. The van der Waals surface area contributed by atoms with Crippen LogP contribution in [0.15, 0.2) is 43.0 Å². The highest BCUT2D eigenvalue weighted by Crippen LogP contribution is 2.38. The van der Waals surface area contributed by atoms with Crippen molar-refractivity contribution in [3.8, 4) is 0 Å². The smallest absolute Gasteiger partial charge is 0.192 e. The number of hydrogen-bond donors (Lipinski definition) is 0. The Kier molecular flexibility index (Phi) is 7.24. The molecule has 130 valence electrons. The molecule has 1 rings (SSSR count). The summed E-state index contributed by atoms with van der Waals surface area (Å²) in [5, 5.41) is 0.186. The second kappa shape index (κ2) is 8.27. The fourth-order valence-electron chi connectivity index (χ4n) is 2.18. The molecular formula is C20H34O2Si. The van der Waals surface area contributed by atoms with Crippen LogP contribution in [-0.4, -0.2) is 20.5 Å². The van der Waals surface area contributed by atoms with E-state index in [0.29, 0.717) is 6.61 Å². The molecule has 0 N–H and O–H groups in total. The number of hydrogen-bond acceptors (Lipinski definition) is 2. The van der Waals surface area contributed by atoms with E-state index in [2.05, 4.69) is 66.4 Å². The van der Waals surface area contributed by atoms with Crippen molar-refractivity contribution in [1.82, 2.24) is 0 Å². The van der Waals surface area contributed by atoms with Crippen molar-refractivity contribution >= 4 is 8.32 Å². The maximum atomic E-state index is 6.65. The molecule has 0 bridgehead atoms. The lowest BCUT2D eigenvalue weighted by Gasteiger charge is -2.42. The summed E-state index contributed by atoms with van der Waals surface area (Å²) in [7, 11) is -1.85. The third-order valence-corrected chi connectivity index (χ3v) is 9.42. The van der Waals surface area contributed by atoms with Crippen molar-refractivity contribution in [3.05, 3.63) is 48.6 Å². The van der Waals surface area contributed by atoms with Crippen molar-refractivity contribution in [2.45, 2.75) is 71.6 Å². The molecule has 0 fully saturated rings. The van der Waals surface area contributed by atoms with Crippen LogP contribution in [0.25, 0.3) is 0 Å². The van der Waals surface area contributed by atoms with Gasteiger partial charge in [-0.2, -0.15) is 0 Å². The zero-order valence-electron chi connectivity index (χ0n) is 15.9. The lowest BCUT2D eigenvalue weighted by Crippen LogP contribution is -2.48. The summed E-state index contributed by atoms with van der Waals surface area (Å²) in [5.74, 6) is 0.259. The molecule has 0 aliphatic carbocycles. The first-order valence-corrected chi connectivity index (χ1v) is 11.4. The SMILES string of the molecule is C=C[C@H](C)[C@@H](O[Si](C)(C)C(C)(C)C)[C@H](C)OCc1ccccc1. The number of rotatable bonds is 8. The summed E-state index contributed by atoms with van der Waals surface area (Å²) >= 11 is 0. The molecule has 0 unspecified atom stereocenters. The van der Waals surface area contributed by atoms with Gasteiger partial charge < -0.3 is 9.16 Å². The Balaban J connectivity index is 2.79. The molecular weight excluding hydrogens is 300 g/mol. The van der Waals surface area contributed by atoms with Crippen LogP contribution < -0.4 is 0 Å². The van der Waals surface area contributed by atoms with Gasteiger partial charge in [0.25, 0.3) is 0 Å². The lowest BCUT2D eigenvalue weighted by atomic mass is 10.0. The van der Waals surface area contributed by atoms with Crippen LogP contribution in [0.5, 0.6) is 0 Å². The zero-order valence-corrected chi connectivity index (χ0v) is 16.9. The quantitative estimate of drug-likeness (QED) is 0.441. The lowest BCUT2D eigenvalue weighted by molar-refractivity contribution is -0.0424. The minimum Gasteiger partial charge on any atom is -0.411 e. The topological polar surface area (TPSA) is 18.5 Å². The van der Waals surface area contributed by atoms with Gasteiger partial charge in [-0.05, 0) is 30.6 Å². The zero-order chi connectivity index (χ0) is 17.7. The summed E-state index contributed by atoms with van der Waals surface area (Å²) in [4.78, 5) is 0. The molecule has 0 amide bonds. The highest BCUT2D eigenvalue weighted by molar-refractivity contribution is 6.74. The predicted molar refractivity (Wildman–Crippen MR) is 102 cm³/mol. The molecule has 3 atom stereocenters. The Morgan fingerprint density at radius 3 is 2.17 bits per heavy atom. The fraction of sp³-hybridized carbons (Fsp3) is 0.600. The van der Waals surface area contributed by atoms with Gasteiger partial charge in [0.05, 0.1) is 18.8 Å². The summed E-state index contributed by atoms with van der Waals surface area (Å²) in [5.41, 5.74) is 1.19. The Morgan fingerprint density at radius 1 is 1.13 bits per heavy atom. The highest BCUT2D eigenvalue weighted by Gasteiger charge is 2.41. The normalized spacial score (nSPS) is 16.7. The van der Waals surface area contributed by atoms with E-state index in [1.54, 1.807) is 0 Å². The molecule has 1 aromatic rings. The van der Waals surface area contributed by atoms with Gasteiger partial charge in [0.15, 0.2) is 8.32 Å². The van der Waals surface area contributed by atoms with Crippen molar-refractivity contribution < 1.29 is 9.16 Å². The first-order valence-electron chi connectivity index (χ1n) is 8.54. The van der Waals surface area contributed by atoms with Crippen LogP contribution in [0.4, 0.5) is 0 Å². The van der Waals surface area contributed by atoms with Crippen molar-refractivity contribution in [3.63, 3.8) is 0 Å². The molecule has 0 aliphatic rings. The van der Waals surface area contributed by atoms with Gasteiger partial charge in [-0.1, -0.05) is 64.1 Å². The van der Waals surface area contributed by atoms with E-state index in [9.17, 15) is 0 Å². The molecule has 3 heteroatoms. The molecule has 0 saturated carbocycles. The van der Waals surface area contributed by atoms with Crippen LogP contribution in [0, 0.1) is 5.92 Å². The Morgan fingerprint density at radius 2 is 1.70 bits per heavy atom. The van der Waals surface area contributed by atoms with Gasteiger partial charge in [-0.3, -0.25) is 0 Å². The molecule has 0 heterocycles. The second-order valence-electron chi connectivity index (χ2n) is 7.94. The van der Waals surface area contributed by atoms with Gasteiger partial charge in [0.1, 0.15) is 0 Å². The first kappa shape index (κ1) is 20.1. The van der Waals surface area contributed by atoms with Gasteiger partial charge in [-0.25, -0.2) is 0 Å². The summed E-state index contributed by atoms with van der Waals surface area (Å²) in [6.07, 6.45) is 2.04. The monoisotopic (exact) mass is 334 g/mol. The molecule has 2 nitrogen and oxygen atoms in total. The fourth-order valence-corrected chi connectivity index (χ4v) is 3.62. The van der Waals surface area contributed by atoms with E-state index >= 15 is 0 Å². The standard InChI is InChI=1S/C20H34O2Si/c1-9-16(2)19(22-23(7,8)20(4,5)6)17(3)21-15-18-13-11-10-12-14-18/h9-14,16-17,19H,1,15H2,2-8H3/t16-,17-,19+/m0/s1. The predicted octanol–water partition coefficient (Wildman–Crippen LogP) is 5.80. The minimum absolute atomic E-state index is 0.0253. The Labute approximate surface area is 144 Å². The van der Waals surface area contributed by atoms with Crippen LogP contribution >= 0.6 is 0 Å². The second-order valence-corrected chi connectivity index (χ2v) is 12.7. The molecule has 0 radical (unpaired) electrons. The summed E-state index contributed by atoms with van der Waals surface area (Å²) < 4.78 is 12.8. The van der Waals surface area contributed by atoms with E-state index in [1.807, 2.05) is 24.3 Å². The Hall–Kier alpha value is -0.903. The van der Waals surface area contributed by atoms with E-state index in [0.717, 1.165) is 0 Å². The molecule has 1 aromatic carbocycles. The van der Waals surface area contributed by atoms with E-state index in [4.69, 9.17) is 9.16 Å². The van der Waals surface area contributed by atoms with Gasteiger partial charge in [0, 0.05) is 5.92 Å². The third-order valence-electron chi connectivity index (χ3n) is 4.95. The Bertz CT molecular complexity index is 476. The highest BCUT2D eigenvalue weighted by atomic mass is 28.4. The van der Waals surface area contributed by atoms with Crippen molar-refractivity contribution in [2.75, 3.05) is 0 Å². The van der Waals surface area contributed by atoms with E-state index in [1.165, 1.54) is 5.56 Å². The first-order chi connectivity index (χ1) is 10.6. The third kappa shape index (κ3) is 5.90. The average molecular weight is 335 g/mol. The van der Waals surface area contributed by atoms with Crippen LogP contribution in [-0.2, 0) is 15.8 Å². The molecule has 0 aliphatic heterocycles. The molecule has 0 spiro atoms. The van der Waals surface area contributed by atoms with Gasteiger partial charge >= 0.3 is 0 Å². The van der Waals surface area contributed by atoms with Gasteiger partial charge in [0.2, 0.25) is 0 Å². The van der Waals surface area contributed by atoms with E-state index < -0.39 is 8.32 Å². The van der Waals surface area contributed by atoms with E-state index in [-0.39, 0.29) is 23.2 Å². The number of ether oxygens (including phenoxy) is 1. The van der Waals surface area contributed by atoms with Crippen molar-refractivity contribution in [2.24, 2.45) is 5.92 Å². The minimum atomic E-state index is -1.85. The maximum absolute atomic E-state index is 6.65.